The van der Waals surface area contributed by atoms with E-state index in [0.29, 0.717) is 12.7 Å². The Hall–Kier alpha value is -1.58. The largest absolute Gasteiger partial charge is 0.376 e. The van der Waals surface area contributed by atoms with Crippen molar-refractivity contribution >= 4 is 15.9 Å². The molecule has 1 aliphatic rings. The molecule has 1 saturated heterocycles. The molecule has 0 aromatic heterocycles. The molecule has 0 aliphatic carbocycles. The molecule has 0 radical (unpaired) electrons. The minimum Gasteiger partial charge on any atom is -0.376 e. The van der Waals surface area contributed by atoms with Gasteiger partial charge in [0.25, 0.3) is 15.9 Å². The number of amides is 1. The molecule has 1 aliphatic heterocycles. The SMILES string of the molecule is C[C@H](OC[C@H]1CCCCO1)C(=O)NS(=O)(=O)c1ccc(F)cc1F. The Morgan fingerprint density at radius 1 is 1.42 bits per heavy atom. The highest BCUT2D eigenvalue weighted by Gasteiger charge is 2.26. The fourth-order valence-electron chi connectivity index (χ4n) is 2.23. The van der Waals surface area contributed by atoms with Crippen molar-refractivity contribution in [3.63, 3.8) is 0 Å². The number of sulfonamides is 1. The van der Waals surface area contributed by atoms with E-state index in [1.54, 1.807) is 4.72 Å². The molecule has 2 rings (SSSR count). The first-order chi connectivity index (χ1) is 11.3. The van der Waals surface area contributed by atoms with E-state index < -0.39 is 38.6 Å². The standard InChI is InChI=1S/C15H19F2NO5S/c1-10(23-9-12-4-2-3-7-22-12)15(19)18-24(20,21)14-6-5-11(16)8-13(14)17/h5-6,8,10,12H,2-4,7,9H2,1H3,(H,18,19)/t10-,12+/m0/s1. The van der Waals surface area contributed by atoms with Crippen LogP contribution in [0.1, 0.15) is 26.2 Å². The first-order valence-corrected chi connectivity index (χ1v) is 9.03. The maximum Gasteiger partial charge on any atom is 0.267 e. The summed E-state index contributed by atoms with van der Waals surface area (Å²) in [6.45, 7) is 2.18. The second-order valence-electron chi connectivity index (χ2n) is 5.51. The number of carbonyl (C=O) groups is 1. The van der Waals surface area contributed by atoms with Crippen molar-refractivity contribution in [2.45, 2.75) is 43.3 Å². The third-order valence-electron chi connectivity index (χ3n) is 3.59. The lowest BCUT2D eigenvalue weighted by Gasteiger charge is -2.23. The van der Waals surface area contributed by atoms with Crippen molar-refractivity contribution in [3.8, 4) is 0 Å². The van der Waals surface area contributed by atoms with Gasteiger partial charge in [0.1, 0.15) is 22.6 Å². The number of carbonyl (C=O) groups excluding carboxylic acids is 1. The molecule has 0 saturated carbocycles. The molecule has 1 fully saturated rings. The zero-order valence-corrected chi connectivity index (χ0v) is 13.9. The number of hydrogen-bond donors (Lipinski definition) is 1. The van der Waals surface area contributed by atoms with Crippen LogP contribution in [-0.4, -0.2) is 39.7 Å². The maximum atomic E-state index is 13.6. The summed E-state index contributed by atoms with van der Waals surface area (Å²) >= 11 is 0. The Morgan fingerprint density at radius 2 is 2.17 bits per heavy atom. The van der Waals surface area contributed by atoms with Crippen molar-refractivity contribution in [2.75, 3.05) is 13.2 Å². The van der Waals surface area contributed by atoms with Crippen molar-refractivity contribution in [1.82, 2.24) is 4.72 Å². The summed E-state index contributed by atoms with van der Waals surface area (Å²) in [6, 6.07) is 1.98. The van der Waals surface area contributed by atoms with Crippen LogP contribution in [-0.2, 0) is 24.3 Å². The predicted octanol–water partition coefficient (Wildman–Crippen LogP) is 1.74. The monoisotopic (exact) mass is 363 g/mol. The molecule has 134 valence electrons. The summed E-state index contributed by atoms with van der Waals surface area (Å²) in [5, 5.41) is 0. The summed E-state index contributed by atoms with van der Waals surface area (Å²) in [5.74, 6) is -3.13. The van der Waals surface area contributed by atoms with Crippen LogP contribution < -0.4 is 4.72 Å². The van der Waals surface area contributed by atoms with Gasteiger partial charge in [0, 0.05) is 12.7 Å². The fraction of sp³-hybridized carbons (Fsp3) is 0.533. The molecule has 1 heterocycles. The van der Waals surface area contributed by atoms with E-state index in [-0.39, 0.29) is 12.7 Å². The lowest BCUT2D eigenvalue weighted by molar-refractivity contribution is -0.133. The lowest BCUT2D eigenvalue weighted by Crippen LogP contribution is -2.40. The van der Waals surface area contributed by atoms with Crippen LogP contribution in [0.15, 0.2) is 23.1 Å². The highest BCUT2D eigenvalue weighted by atomic mass is 32.2. The van der Waals surface area contributed by atoms with Gasteiger partial charge in [-0.25, -0.2) is 21.9 Å². The topological polar surface area (TPSA) is 81.7 Å². The van der Waals surface area contributed by atoms with E-state index >= 15 is 0 Å². The predicted molar refractivity (Wildman–Crippen MR) is 80.7 cm³/mol. The van der Waals surface area contributed by atoms with Gasteiger partial charge < -0.3 is 9.47 Å². The minimum atomic E-state index is -4.45. The molecule has 0 spiro atoms. The van der Waals surface area contributed by atoms with Crippen LogP contribution in [0.4, 0.5) is 8.78 Å². The molecule has 24 heavy (non-hydrogen) atoms. The van der Waals surface area contributed by atoms with Gasteiger partial charge in [-0.2, -0.15) is 0 Å². The highest BCUT2D eigenvalue weighted by Crippen LogP contribution is 2.16. The average Bonchev–Trinajstić information content (AvgIpc) is 2.52. The molecule has 9 heteroatoms. The number of rotatable bonds is 6. The summed E-state index contributed by atoms with van der Waals surface area (Å²) < 4.78 is 62.9. The minimum absolute atomic E-state index is 0.125. The highest BCUT2D eigenvalue weighted by molar-refractivity contribution is 7.90. The summed E-state index contributed by atoms with van der Waals surface area (Å²) in [6.07, 6.45) is 1.61. The number of hydrogen-bond acceptors (Lipinski definition) is 5. The van der Waals surface area contributed by atoms with Gasteiger partial charge in [-0.3, -0.25) is 4.79 Å². The molecular formula is C15H19F2NO5S. The molecule has 1 N–H and O–H groups in total. The summed E-state index contributed by atoms with van der Waals surface area (Å²) in [7, 11) is -4.45. The summed E-state index contributed by atoms with van der Waals surface area (Å²) in [4.78, 5) is 11.1. The van der Waals surface area contributed by atoms with Crippen LogP contribution >= 0.6 is 0 Å². The molecule has 6 nitrogen and oxygen atoms in total. The Morgan fingerprint density at radius 3 is 2.79 bits per heavy atom. The van der Waals surface area contributed by atoms with Crippen LogP contribution in [0.5, 0.6) is 0 Å². The van der Waals surface area contributed by atoms with E-state index in [1.807, 2.05) is 0 Å². The van der Waals surface area contributed by atoms with Crippen LogP contribution in [0.25, 0.3) is 0 Å². The smallest absolute Gasteiger partial charge is 0.267 e. The third-order valence-corrected chi connectivity index (χ3v) is 4.97. The number of benzene rings is 1. The molecule has 1 aromatic rings. The van der Waals surface area contributed by atoms with Gasteiger partial charge >= 0.3 is 0 Å². The quantitative estimate of drug-likeness (QED) is 0.833. The molecule has 1 aromatic carbocycles. The van der Waals surface area contributed by atoms with Gasteiger partial charge in [0.15, 0.2) is 0 Å². The Balaban J connectivity index is 1.94. The number of halogens is 2. The normalized spacial score (nSPS) is 19.7. The second kappa shape index (κ2) is 8.00. The van der Waals surface area contributed by atoms with Crippen LogP contribution in [0.2, 0.25) is 0 Å². The van der Waals surface area contributed by atoms with E-state index in [0.717, 1.165) is 31.4 Å². The van der Waals surface area contributed by atoms with E-state index in [9.17, 15) is 22.0 Å². The fourth-order valence-corrected chi connectivity index (χ4v) is 3.33. The number of ether oxygens (including phenoxy) is 2. The first kappa shape index (κ1) is 18.8. The average molecular weight is 363 g/mol. The Bertz CT molecular complexity index is 689. The van der Waals surface area contributed by atoms with Crippen molar-refractivity contribution in [3.05, 3.63) is 29.8 Å². The van der Waals surface area contributed by atoms with Crippen LogP contribution in [0, 0.1) is 11.6 Å². The van der Waals surface area contributed by atoms with Crippen molar-refractivity contribution in [1.29, 1.82) is 0 Å². The van der Waals surface area contributed by atoms with Gasteiger partial charge in [-0.1, -0.05) is 0 Å². The number of nitrogens with one attached hydrogen (secondary N) is 1. The van der Waals surface area contributed by atoms with Gasteiger partial charge in [0.05, 0.1) is 12.7 Å². The zero-order chi connectivity index (χ0) is 17.7. The Labute approximate surface area is 139 Å². The molecule has 0 unspecified atom stereocenters. The van der Waals surface area contributed by atoms with E-state index in [1.165, 1.54) is 6.92 Å². The van der Waals surface area contributed by atoms with Gasteiger partial charge in [-0.15, -0.1) is 0 Å². The molecule has 2 atom stereocenters. The van der Waals surface area contributed by atoms with Crippen LogP contribution in [0.3, 0.4) is 0 Å². The second-order valence-corrected chi connectivity index (χ2v) is 7.16. The maximum absolute atomic E-state index is 13.6. The van der Waals surface area contributed by atoms with Crippen molar-refractivity contribution in [2.24, 2.45) is 0 Å². The zero-order valence-electron chi connectivity index (χ0n) is 13.1. The lowest BCUT2D eigenvalue weighted by atomic mass is 10.1. The molecule has 0 bridgehead atoms. The summed E-state index contributed by atoms with van der Waals surface area (Å²) in [5.41, 5.74) is 0. The molecular weight excluding hydrogens is 344 g/mol. The first-order valence-electron chi connectivity index (χ1n) is 7.54. The van der Waals surface area contributed by atoms with E-state index in [4.69, 9.17) is 9.47 Å². The third kappa shape index (κ3) is 4.96. The van der Waals surface area contributed by atoms with Gasteiger partial charge in [0.2, 0.25) is 0 Å². The van der Waals surface area contributed by atoms with Gasteiger partial charge in [-0.05, 0) is 38.3 Å². The molecule has 1 amide bonds. The van der Waals surface area contributed by atoms with Crippen molar-refractivity contribution < 1.29 is 31.5 Å². The van der Waals surface area contributed by atoms with E-state index in [2.05, 4.69) is 0 Å². The Kier molecular flexibility index (Phi) is 6.25.